The first-order chi connectivity index (χ1) is 9.18. The summed E-state index contributed by atoms with van der Waals surface area (Å²) in [5.74, 6) is -0.0340. The SMILES string of the molecule is COC(=O)Cc1c(C)nn(C2(C)CCS(=O)(=O)C2)c1C. The van der Waals surface area contributed by atoms with Gasteiger partial charge >= 0.3 is 5.97 Å². The first-order valence-corrected chi connectivity index (χ1v) is 8.33. The zero-order valence-corrected chi connectivity index (χ0v) is 13.1. The number of carbonyl (C=O) groups excluding carboxylic acids is 1. The lowest BCUT2D eigenvalue weighted by atomic mass is 10.0. The van der Waals surface area contributed by atoms with Crippen LogP contribution < -0.4 is 0 Å². The Bertz CT molecular complexity index is 648. The lowest BCUT2D eigenvalue weighted by Crippen LogP contribution is -2.33. The molecule has 2 rings (SSSR count). The summed E-state index contributed by atoms with van der Waals surface area (Å²) in [6.07, 6.45) is 0.714. The average Bonchev–Trinajstić information content (AvgIpc) is 2.80. The normalized spacial score (nSPS) is 24.8. The quantitative estimate of drug-likeness (QED) is 0.770. The lowest BCUT2D eigenvalue weighted by molar-refractivity contribution is -0.139. The van der Waals surface area contributed by atoms with Gasteiger partial charge in [-0.05, 0) is 27.2 Å². The number of carbonyl (C=O) groups is 1. The third-order valence-electron chi connectivity index (χ3n) is 3.98. The predicted molar refractivity (Wildman–Crippen MR) is 74.3 cm³/mol. The number of hydrogen-bond donors (Lipinski definition) is 0. The Kier molecular flexibility index (Phi) is 3.66. The average molecular weight is 300 g/mol. The Morgan fingerprint density at radius 3 is 2.60 bits per heavy atom. The van der Waals surface area contributed by atoms with Crippen LogP contribution in [-0.4, -0.2) is 42.8 Å². The highest BCUT2D eigenvalue weighted by molar-refractivity contribution is 7.91. The van der Waals surface area contributed by atoms with Crippen molar-refractivity contribution in [1.82, 2.24) is 9.78 Å². The van der Waals surface area contributed by atoms with Gasteiger partial charge < -0.3 is 4.74 Å². The molecule has 0 aliphatic carbocycles. The molecular formula is C13H20N2O4S. The molecule has 0 aromatic carbocycles. The van der Waals surface area contributed by atoms with Crippen LogP contribution >= 0.6 is 0 Å². The van der Waals surface area contributed by atoms with Gasteiger partial charge in [0.1, 0.15) is 0 Å². The number of nitrogens with zero attached hydrogens (tertiary/aromatic N) is 2. The van der Waals surface area contributed by atoms with Gasteiger partial charge in [0.2, 0.25) is 0 Å². The van der Waals surface area contributed by atoms with E-state index < -0.39 is 15.4 Å². The molecule has 0 N–H and O–H groups in total. The highest BCUT2D eigenvalue weighted by Gasteiger charge is 2.41. The van der Waals surface area contributed by atoms with Gasteiger partial charge in [0.15, 0.2) is 9.84 Å². The number of aryl methyl sites for hydroxylation is 1. The Morgan fingerprint density at radius 1 is 1.45 bits per heavy atom. The number of aromatic nitrogens is 2. The summed E-state index contributed by atoms with van der Waals surface area (Å²) in [7, 11) is -1.65. The van der Waals surface area contributed by atoms with Crippen LogP contribution in [0.25, 0.3) is 0 Å². The third-order valence-corrected chi connectivity index (χ3v) is 5.87. The first-order valence-electron chi connectivity index (χ1n) is 6.51. The van der Waals surface area contributed by atoms with Gasteiger partial charge in [0.25, 0.3) is 0 Å². The fourth-order valence-electron chi connectivity index (χ4n) is 2.83. The molecule has 1 aliphatic rings. The summed E-state index contributed by atoms with van der Waals surface area (Å²) < 4.78 is 29.9. The lowest BCUT2D eigenvalue weighted by Gasteiger charge is -2.24. The number of esters is 1. The monoisotopic (exact) mass is 300 g/mol. The summed E-state index contributed by atoms with van der Waals surface area (Å²) in [6.45, 7) is 5.60. The molecular weight excluding hydrogens is 280 g/mol. The molecule has 1 unspecified atom stereocenters. The van der Waals surface area contributed by atoms with Crippen LogP contribution in [-0.2, 0) is 31.3 Å². The molecule has 112 valence electrons. The zero-order chi connectivity index (χ0) is 15.1. The van der Waals surface area contributed by atoms with Gasteiger partial charge in [0.05, 0.1) is 36.3 Å². The van der Waals surface area contributed by atoms with Crippen molar-refractivity contribution < 1.29 is 17.9 Å². The maximum atomic E-state index is 11.7. The topological polar surface area (TPSA) is 78.3 Å². The van der Waals surface area contributed by atoms with Gasteiger partial charge in [-0.1, -0.05) is 0 Å². The molecule has 1 atom stereocenters. The van der Waals surface area contributed by atoms with E-state index in [2.05, 4.69) is 9.84 Å². The van der Waals surface area contributed by atoms with E-state index in [9.17, 15) is 13.2 Å². The maximum absolute atomic E-state index is 11.7. The maximum Gasteiger partial charge on any atom is 0.310 e. The van der Waals surface area contributed by atoms with E-state index in [1.54, 1.807) is 4.68 Å². The second-order valence-corrected chi connectivity index (χ2v) is 7.84. The fourth-order valence-corrected chi connectivity index (χ4v) is 4.94. The Balaban J connectivity index is 2.40. The molecule has 0 bridgehead atoms. The van der Waals surface area contributed by atoms with Crippen molar-refractivity contribution in [3.8, 4) is 0 Å². The van der Waals surface area contributed by atoms with Crippen molar-refractivity contribution in [2.24, 2.45) is 0 Å². The molecule has 7 heteroatoms. The van der Waals surface area contributed by atoms with Gasteiger partial charge in [0, 0.05) is 11.3 Å². The highest BCUT2D eigenvalue weighted by Crippen LogP contribution is 2.32. The van der Waals surface area contributed by atoms with Crippen molar-refractivity contribution in [2.45, 2.75) is 39.2 Å². The van der Waals surface area contributed by atoms with E-state index in [4.69, 9.17) is 0 Å². The van der Waals surface area contributed by atoms with Crippen LogP contribution in [0.2, 0.25) is 0 Å². The summed E-state index contributed by atoms with van der Waals surface area (Å²) in [4.78, 5) is 11.4. The van der Waals surface area contributed by atoms with Crippen LogP contribution in [0.1, 0.15) is 30.3 Å². The van der Waals surface area contributed by atoms with E-state index in [0.717, 1.165) is 17.0 Å². The fraction of sp³-hybridized carbons (Fsp3) is 0.692. The van der Waals surface area contributed by atoms with E-state index in [1.165, 1.54) is 7.11 Å². The van der Waals surface area contributed by atoms with Crippen molar-refractivity contribution in [3.05, 3.63) is 17.0 Å². The van der Waals surface area contributed by atoms with Crippen molar-refractivity contribution in [1.29, 1.82) is 0 Å². The van der Waals surface area contributed by atoms with Gasteiger partial charge in [-0.2, -0.15) is 5.10 Å². The highest BCUT2D eigenvalue weighted by atomic mass is 32.2. The second-order valence-electron chi connectivity index (χ2n) is 5.65. The van der Waals surface area contributed by atoms with Crippen molar-refractivity contribution in [2.75, 3.05) is 18.6 Å². The first kappa shape index (κ1) is 15.0. The predicted octanol–water partition coefficient (Wildman–Crippen LogP) is 0.749. The molecule has 6 nitrogen and oxygen atoms in total. The number of hydrogen-bond acceptors (Lipinski definition) is 5. The van der Waals surface area contributed by atoms with E-state index >= 15 is 0 Å². The summed E-state index contributed by atoms with van der Waals surface area (Å²) in [5.41, 5.74) is 1.88. The van der Waals surface area contributed by atoms with Crippen LogP contribution in [0.4, 0.5) is 0 Å². The molecule has 1 aliphatic heterocycles. The second kappa shape index (κ2) is 4.87. The number of sulfone groups is 1. The third kappa shape index (κ3) is 2.59. The van der Waals surface area contributed by atoms with Crippen LogP contribution in [0.3, 0.4) is 0 Å². The molecule has 0 radical (unpaired) electrons. The van der Waals surface area contributed by atoms with E-state index in [-0.39, 0.29) is 23.9 Å². The molecule has 0 spiro atoms. The van der Waals surface area contributed by atoms with Crippen LogP contribution in [0.15, 0.2) is 0 Å². The summed E-state index contributed by atoms with van der Waals surface area (Å²) >= 11 is 0. The standard InChI is InChI=1S/C13H20N2O4S/c1-9-11(7-12(16)19-4)10(2)15(14-9)13(3)5-6-20(17,18)8-13/h5-8H2,1-4H3. The zero-order valence-electron chi connectivity index (χ0n) is 12.3. The number of rotatable bonds is 3. The Labute approximate surface area is 119 Å². The summed E-state index contributed by atoms with van der Waals surface area (Å²) in [5, 5.41) is 4.46. The number of methoxy groups -OCH3 is 1. The van der Waals surface area contributed by atoms with Crippen molar-refractivity contribution >= 4 is 15.8 Å². The van der Waals surface area contributed by atoms with E-state index in [1.807, 2.05) is 20.8 Å². The molecule has 1 fully saturated rings. The minimum atomic E-state index is -3.00. The molecule has 1 saturated heterocycles. The molecule has 1 aromatic rings. The van der Waals surface area contributed by atoms with Crippen LogP contribution in [0, 0.1) is 13.8 Å². The molecule has 0 saturated carbocycles. The number of ether oxygens (including phenoxy) is 1. The Morgan fingerprint density at radius 2 is 2.10 bits per heavy atom. The Hall–Kier alpha value is -1.37. The minimum Gasteiger partial charge on any atom is -0.469 e. The van der Waals surface area contributed by atoms with Crippen LogP contribution in [0.5, 0.6) is 0 Å². The molecule has 0 amide bonds. The van der Waals surface area contributed by atoms with Gasteiger partial charge in [-0.15, -0.1) is 0 Å². The molecule has 1 aromatic heterocycles. The smallest absolute Gasteiger partial charge is 0.310 e. The molecule has 20 heavy (non-hydrogen) atoms. The van der Waals surface area contributed by atoms with Gasteiger partial charge in [-0.3, -0.25) is 9.48 Å². The van der Waals surface area contributed by atoms with Crippen molar-refractivity contribution in [3.63, 3.8) is 0 Å². The summed E-state index contributed by atoms with van der Waals surface area (Å²) in [6, 6.07) is 0. The minimum absolute atomic E-state index is 0.0968. The van der Waals surface area contributed by atoms with E-state index in [0.29, 0.717) is 6.42 Å². The van der Waals surface area contributed by atoms with Gasteiger partial charge in [-0.25, -0.2) is 8.42 Å². The molecule has 2 heterocycles. The largest absolute Gasteiger partial charge is 0.469 e.